The summed E-state index contributed by atoms with van der Waals surface area (Å²) in [5, 5.41) is 29.3. The number of phenols is 1. The predicted octanol–water partition coefficient (Wildman–Crippen LogP) is -5.63. The van der Waals surface area contributed by atoms with E-state index in [1.165, 1.54) is 24.3 Å². The summed E-state index contributed by atoms with van der Waals surface area (Å²) in [5.74, 6) is -12.0. The first-order valence-corrected chi connectivity index (χ1v) is 22.3. The van der Waals surface area contributed by atoms with Gasteiger partial charge in [-0.2, -0.15) is 0 Å². The first-order valence-electron chi connectivity index (χ1n) is 22.3. The van der Waals surface area contributed by atoms with Gasteiger partial charge < -0.3 is 75.5 Å². The molecule has 1 aromatic carbocycles. The highest BCUT2D eigenvalue weighted by Crippen LogP contribution is 2.15. The van der Waals surface area contributed by atoms with Crippen LogP contribution in [0.1, 0.15) is 78.2 Å². The van der Waals surface area contributed by atoms with Crippen LogP contribution in [-0.2, 0) is 64.0 Å². The average Bonchev–Trinajstić information content (AvgIpc) is 3.27. The molecule has 0 radical (unpaired) electrons. The molecule has 0 saturated carbocycles. The van der Waals surface area contributed by atoms with Crippen molar-refractivity contribution in [2.45, 2.75) is 121 Å². The van der Waals surface area contributed by atoms with E-state index in [9.17, 15) is 62.6 Å². The van der Waals surface area contributed by atoms with Gasteiger partial charge in [0.25, 0.3) is 0 Å². The summed E-state index contributed by atoms with van der Waals surface area (Å²) < 4.78 is 0. The zero-order chi connectivity index (χ0) is 52.1. The number of aromatic hydroxyl groups is 1. The van der Waals surface area contributed by atoms with Gasteiger partial charge in [0.05, 0.1) is 25.6 Å². The molecule has 8 atom stereocenters. The van der Waals surface area contributed by atoms with Gasteiger partial charge in [0, 0.05) is 32.9 Å². The van der Waals surface area contributed by atoms with Crippen LogP contribution in [0.5, 0.6) is 5.75 Å². The topological polar surface area (TPSA) is 429 Å². The highest BCUT2D eigenvalue weighted by molar-refractivity contribution is 5.99. The van der Waals surface area contributed by atoms with Crippen molar-refractivity contribution in [3.8, 4) is 5.75 Å². The van der Waals surface area contributed by atoms with E-state index < -0.39 is 164 Å². The SMILES string of the molecule is CC[C@H](C)[C@@H]1NC(=O)[C@H](Cc2ccc(O)cc2)NC(=O)[C@@H](N)CCC(=O)NC[C@@H](C(=O)N(C)CC(=O)N[C@@H](CC(C)C)C(=O)NCC(N)=O)NC(=O)[C@H](CC(N)=O)NC(=O)[C@H](CCC(N)=O)NC1=O. The van der Waals surface area contributed by atoms with E-state index in [2.05, 4.69) is 42.5 Å². The molecule has 1 aliphatic heterocycles. The number of benzene rings is 1. The number of nitrogens with zero attached hydrogens (tertiary/aromatic N) is 1. The van der Waals surface area contributed by atoms with Crippen molar-refractivity contribution < 1.29 is 62.6 Å². The molecule has 1 saturated heterocycles. The second kappa shape index (κ2) is 28.1. The van der Waals surface area contributed by atoms with Crippen LogP contribution in [0, 0.1) is 11.8 Å². The molecule has 0 bridgehead atoms. The molecular weight excluding hydrogens is 907 g/mol. The number of hydrogen-bond donors (Lipinski definition) is 13. The highest BCUT2D eigenvalue weighted by atomic mass is 16.3. The van der Waals surface area contributed by atoms with Gasteiger partial charge in [-0.1, -0.05) is 46.2 Å². The number of nitrogens with two attached hydrogens (primary N) is 4. The summed E-state index contributed by atoms with van der Waals surface area (Å²) in [4.78, 5) is 159. The van der Waals surface area contributed by atoms with Crippen LogP contribution in [0.2, 0.25) is 0 Å². The monoisotopic (exact) mass is 973 g/mol. The smallest absolute Gasteiger partial charge is 0.247 e. The maximum absolute atomic E-state index is 14.0. The Bertz CT molecular complexity index is 2050. The Morgan fingerprint density at radius 2 is 1.38 bits per heavy atom. The second-order valence-corrected chi connectivity index (χ2v) is 17.2. The molecule has 382 valence electrons. The number of primary amides is 3. The Kier molecular flexibility index (Phi) is 23.5. The van der Waals surface area contributed by atoms with Crippen LogP contribution in [0.3, 0.4) is 0 Å². The minimum absolute atomic E-state index is 0.0764. The first kappa shape index (κ1) is 57.7. The van der Waals surface area contributed by atoms with E-state index in [1.54, 1.807) is 27.7 Å². The van der Waals surface area contributed by atoms with Crippen molar-refractivity contribution in [3.05, 3.63) is 29.8 Å². The minimum Gasteiger partial charge on any atom is -0.508 e. The van der Waals surface area contributed by atoms with Crippen LogP contribution in [-0.4, -0.2) is 150 Å². The standard InChI is InChI=1S/C43H67N13O13/c1-6-22(4)36-42(68)51-26(12-13-31(45)58)39(65)53-29(17-32(46)59)40(66)54-30(43(69)56(5)20-35(62)50-27(15-21(2)3)38(64)49-19-33(47)60)18-48-34(61)14-11-25(44)37(63)52-28(41(67)55-36)16-23-7-9-24(57)10-8-23/h7-10,21-22,25-30,36,57H,6,11-20,44H2,1-5H3,(H2,45,58)(H2,46,59)(H2,47,60)(H,48,61)(H,49,64)(H,50,62)(H,51,68)(H,52,63)(H,53,65)(H,54,66)(H,55,67)/t22-,25-,26-,27-,28-,29-,30-,36-/m0/s1. The van der Waals surface area contributed by atoms with Crippen LogP contribution < -0.4 is 65.5 Å². The summed E-state index contributed by atoms with van der Waals surface area (Å²) in [6, 6.07) is -4.85. The molecule has 0 aromatic heterocycles. The summed E-state index contributed by atoms with van der Waals surface area (Å²) in [7, 11) is 1.16. The van der Waals surface area contributed by atoms with E-state index in [0.717, 1.165) is 11.9 Å². The maximum Gasteiger partial charge on any atom is 0.247 e. The molecule has 12 amide bonds. The van der Waals surface area contributed by atoms with Crippen molar-refractivity contribution in [1.82, 2.24) is 47.4 Å². The van der Waals surface area contributed by atoms with Gasteiger partial charge in [-0.05, 0) is 48.8 Å². The fraction of sp³-hybridized carbons (Fsp3) is 0.581. The Morgan fingerprint density at radius 1 is 0.783 bits per heavy atom. The van der Waals surface area contributed by atoms with Crippen molar-refractivity contribution >= 4 is 70.9 Å². The molecule has 1 fully saturated rings. The summed E-state index contributed by atoms with van der Waals surface area (Å²) in [6.45, 7) is 4.96. The van der Waals surface area contributed by atoms with Crippen molar-refractivity contribution in [2.24, 2.45) is 34.8 Å². The van der Waals surface area contributed by atoms with E-state index in [4.69, 9.17) is 22.9 Å². The van der Waals surface area contributed by atoms with Gasteiger partial charge in [0.2, 0.25) is 70.9 Å². The fourth-order valence-corrected chi connectivity index (χ4v) is 6.81. The third-order valence-corrected chi connectivity index (χ3v) is 10.8. The molecule has 26 heteroatoms. The fourth-order valence-electron chi connectivity index (χ4n) is 6.81. The zero-order valence-electron chi connectivity index (χ0n) is 39.4. The molecule has 69 heavy (non-hydrogen) atoms. The van der Waals surface area contributed by atoms with Crippen LogP contribution in [0.4, 0.5) is 0 Å². The van der Waals surface area contributed by atoms with Gasteiger partial charge >= 0.3 is 0 Å². The lowest BCUT2D eigenvalue weighted by Gasteiger charge is -2.29. The molecule has 2 rings (SSSR count). The highest BCUT2D eigenvalue weighted by Gasteiger charge is 2.36. The lowest BCUT2D eigenvalue weighted by molar-refractivity contribution is -0.140. The van der Waals surface area contributed by atoms with Gasteiger partial charge in [-0.15, -0.1) is 0 Å². The number of likely N-dealkylation sites (N-methyl/N-ethyl adjacent to an activating group) is 1. The Morgan fingerprint density at radius 3 is 1.96 bits per heavy atom. The van der Waals surface area contributed by atoms with Gasteiger partial charge in [0.1, 0.15) is 42.0 Å². The Hall–Kier alpha value is -7.38. The quantitative estimate of drug-likeness (QED) is 0.0653. The third kappa shape index (κ3) is 20.6. The van der Waals surface area contributed by atoms with E-state index in [-0.39, 0.29) is 30.9 Å². The Balaban J connectivity index is 2.62. The van der Waals surface area contributed by atoms with Crippen LogP contribution in [0.25, 0.3) is 0 Å². The number of rotatable bonds is 18. The predicted molar refractivity (Wildman–Crippen MR) is 245 cm³/mol. The molecule has 1 aromatic rings. The van der Waals surface area contributed by atoms with Crippen LogP contribution in [0.15, 0.2) is 24.3 Å². The minimum atomic E-state index is -1.85. The molecule has 17 N–H and O–H groups in total. The number of amides is 12. The second-order valence-electron chi connectivity index (χ2n) is 17.2. The summed E-state index contributed by atoms with van der Waals surface area (Å²) in [6.07, 6.45) is -2.28. The Labute approximate surface area is 398 Å². The van der Waals surface area contributed by atoms with E-state index >= 15 is 0 Å². The number of phenolic OH excluding ortho intramolecular Hbond substituents is 1. The van der Waals surface area contributed by atoms with E-state index in [0.29, 0.717) is 12.0 Å². The summed E-state index contributed by atoms with van der Waals surface area (Å²) >= 11 is 0. The van der Waals surface area contributed by atoms with Crippen molar-refractivity contribution in [1.29, 1.82) is 0 Å². The zero-order valence-corrected chi connectivity index (χ0v) is 39.4. The molecule has 26 nitrogen and oxygen atoms in total. The van der Waals surface area contributed by atoms with Crippen molar-refractivity contribution in [3.63, 3.8) is 0 Å². The van der Waals surface area contributed by atoms with Crippen LogP contribution >= 0.6 is 0 Å². The summed E-state index contributed by atoms with van der Waals surface area (Å²) in [5.41, 5.74) is 22.6. The van der Waals surface area contributed by atoms with Gasteiger partial charge in [-0.25, -0.2) is 0 Å². The average molecular weight is 974 g/mol. The third-order valence-electron chi connectivity index (χ3n) is 10.8. The lowest BCUT2D eigenvalue weighted by Crippen LogP contribution is -2.61. The molecule has 0 unspecified atom stereocenters. The number of carbonyl (C=O) groups is 12. The first-order chi connectivity index (χ1) is 32.3. The number of carbonyl (C=O) groups excluding carboxylic acids is 12. The molecule has 0 spiro atoms. The van der Waals surface area contributed by atoms with Gasteiger partial charge in [0.15, 0.2) is 0 Å². The van der Waals surface area contributed by atoms with Gasteiger partial charge in [-0.3, -0.25) is 57.5 Å². The number of nitrogens with one attached hydrogen (secondary N) is 8. The van der Waals surface area contributed by atoms with Crippen molar-refractivity contribution in [2.75, 3.05) is 26.7 Å². The number of hydrogen-bond acceptors (Lipinski definition) is 14. The normalized spacial score (nSPS) is 22.1. The molecule has 1 aliphatic rings. The largest absolute Gasteiger partial charge is 0.508 e. The lowest BCUT2D eigenvalue weighted by atomic mass is 9.96. The molecular formula is C43H67N13O13. The molecule has 0 aliphatic carbocycles. The molecule has 1 heterocycles. The maximum atomic E-state index is 14.0. The van der Waals surface area contributed by atoms with E-state index in [1.807, 2.05) is 0 Å².